The molecule has 0 saturated heterocycles. The highest BCUT2D eigenvalue weighted by atomic mass is 28.3. The second-order valence-electron chi connectivity index (χ2n) is 15.4. The lowest BCUT2D eigenvalue weighted by Gasteiger charge is -2.34. The molecule has 58 heavy (non-hydrogen) atoms. The molecule has 2 nitrogen and oxygen atoms in total. The molecule has 0 amide bonds. The van der Waals surface area contributed by atoms with Crippen molar-refractivity contribution in [3.8, 4) is 39.3 Å². The Hall–Kier alpha value is -7.07. The maximum atomic E-state index is 5.49. The van der Waals surface area contributed by atoms with Crippen LogP contribution in [0.2, 0.25) is 0 Å². The molecule has 0 bridgehead atoms. The summed E-state index contributed by atoms with van der Waals surface area (Å²) in [6, 6.07) is 80.6. The highest BCUT2D eigenvalue weighted by Crippen LogP contribution is 2.41. The van der Waals surface area contributed by atoms with Gasteiger partial charge in [0.1, 0.15) is 0 Å². The van der Waals surface area contributed by atoms with Gasteiger partial charge in [-0.05, 0) is 86.2 Å². The highest BCUT2D eigenvalue weighted by molar-refractivity contribution is 7.19. The second-order valence-corrected chi connectivity index (χ2v) is 19.2. The summed E-state index contributed by atoms with van der Waals surface area (Å²) in [5, 5.41) is 7.94. The van der Waals surface area contributed by atoms with Gasteiger partial charge in [-0.1, -0.05) is 188 Å². The fraction of sp³-hybridized carbons (Fsp3) is 0.0364. The van der Waals surface area contributed by atoms with Gasteiger partial charge >= 0.3 is 0 Å². The second kappa shape index (κ2) is 14.1. The molecule has 8 aromatic carbocycles. The Kier molecular flexibility index (Phi) is 8.34. The van der Waals surface area contributed by atoms with Gasteiger partial charge in [0.15, 0.2) is 8.07 Å². The molecule has 3 heteroatoms. The van der Waals surface area contributed by atoms with E-state index in [0.29, 0.717) is 0 Å². The number of pyridine rings is 1. The minimum atomic E-state index is -2.76. The van der Waals surface area contributed by atoms with E-state index in [2.05, 4.69) is 223 Å². The van der Waals surface area contributed by atoms with Gasteiger partial charge in [-0.15, -0.1) is 0 Å². The van der Waals surface area contributed by atoms with E-state index in [1.807, 2.05) is 0 Å². The lowest BCUT2D eigenvalue weighted by atomic mass is 9.85. The third-order valence-corrected chi connectivity index (χ3v) is 17.0. The maximum Gasteiger partial charge on any atom is 0.179 e. The first-order chi connectivity index (χ1) is 28.8. The molecule has 1 aliphatic carbocycles. The summed E-state index contributed by atoms with van der Waals surface area (Å²) in [7, 11) is -2.76. The van der Waals surface area contributed by atoms with Crippen LogP contribution >= 0.6 is 0 Å². The minimum absolute atomic E-state index is 0.949. The monoisotopic (exact) mass is 756 g/mol. The van der Waals surface area contributed by atoms with Crippen molar-refractivity contribution in [2.24, 2.45) is 0 Å². The van der Waals surface area contributed by atoms with Gasteiger partial charge in [0.25, 0.3) is 0 Å². The zero-order chi connectivity index (χ0) is 38.5. The van der Waals surface area contributed by atoms with Crippen molar-refractivity contribution >= 4 is 50.6 Å². The van der Waals surface area contributed by atoms with Gasteiger partial charge in [0.05, 0.1) is 28.1 Å². The highest BCUT2D eigenvalue weighted by Gasteiger charge is 2.41. The third kappa shape index (κ3) is 5.58. The van der Waals surface area contributed by atoms with Crippen LogP contribution in [0.15, 0.2) is 218 Å². The molecule has 0 N–H and O–H groups in total. The smallest absolute Gasteiger partial charge is 0.179 e. The number of hydrogen-bond donors (Lipinski definition) is 0. The molecule has 0 aliphatic heterocycles. The quantitative estimate of drug-likeness (QED) is 0.117. The van der Waals surface area contributed by atoms with Crippen LogP contribution in [0.4, 0.5) is 0 Å². The number of benzene rings is 8. The average Bonchev–Trinajstić information content (AvgIpc) is 3.63. The van der Waals surface area contributed by atoms with Crippen LogP contribution in [0.5, 0.6) is 0 Å². The van der Waals surface area contributed by atoms with Crippen LogP contribution in [0.1, 0.15) is 11.1 Å². The van der Waals surface area contributed by atoms with Gasteiger partial charge in [-0.25, -0.2) is 4.98 Å². The van der Waals surface area contributed by atoms with Crippen LogP contribution < -0.4 is 20.7 Å². The van der Waals surface area contributed by atoms with E-state index in [1.54, 1.807) is 0 Å². The van der Waals surface area contributed by atoms with Gasteiger partial charge in [0, 0.05) is 21.9 Å². The summed E-state index contributed by atoms with van der Waals surface area (Å²) in [5.74, 6) is 0. The predicted octanol–water partition coefficient (Wildman–Crippen LogP) is 10.7. The molecule has 0 spiro atoms. The molecule has 1 aliphatic rings. The lowest BCUT2D eigenvalue weighted by molar-refractivity contribution is 0.944. The van der Waals surface area contributed by atoms with Crippen molar-refractivity contribution < 1.29 is 0 Å². The summed E-state index contributed by atoms with van der Waals surface area (Å²) in [4.78, 5) is 5.49. The zero-order valence-electron chi connectivity index (χ0n) is 32.1. The van der Waals surface area contributed by atoms with E-state index in [1.165, 1.54) is 64.8 Å². The van der Waals surface area contributed by atoms with Crippen molar-refractivity contribution in [2.75, 3.05) is 0 Å². The Morgan fingerprint density at radius 1 is 0.362 bits per heavy atom. The molecule has 11 rings (SSSR count). The topological polar surface area (TPSA) is 17.8 Å². The van der Waals surface area contributed by atoms with Crippen molar-refractivity contribution in [1.82, 2.24) is 9.55 Å². The Bertz CT molecular complexity index is 3000. The molecule has 2 aromatic heterocycles. The van der Waals surface area contributed by atoms with E-state index in [0.717, 1.165) is 41.0 Å². The molecule has 0 fully saturated rings. The number of fused-ring (bicyclic) bond motifs is 6. The fourth-order valence-electron chi connectivity index (χ4n) is 9.59. The summed E-state index contributed by atoms with van der Waals surface area (Å²) < 4.78 is 2.47. The van der Waals surface area contributed by atoms with Crippen molar-refractivity contribution in [3.63, 3.8) is 0 Å². The van der Waals surface area contributed by atoms with E-state index < -0.39 is 8.07 Å². The third-order valence-electron chi connectivity index (χ3n) is 12.2. The lowest BCUT2D eigenvalue weighted by Crippen LogP contribution is -2.74. The maximum absolute atomic E-state index is 5.49. The average molecular weight is 757 g/mol. The molecule has 2 heterocycles. The Morgan fingerprint density at radius 3 is 1.59 bits per heavy atom. The van der Waals surface area contributed by atoms with Crippen molar-refractivity contribution in [1.29, 1.82) is 0 Å². The molecular weight excluding hydrogens is 717 g/mol. The Labute approximate surface area is 340 Å². The van der Waals surface area contributed by atoms with Gasteiger partial charge in [-0.3, -0.25) is 0 Å². The van der Waals surface area contributed by atoms with Crippen LogP contribution in [0.3, 0.4) is 0 Å². The first kappa shape index (κ1) is 34.2. The molecule has 10 aromatic rings. The molecule has 0 atom stereocenters. The summed E-state index contributed by atoms with van der Waals surface area (Å²) in [5.41, 5.74) is 13.1. The number of rotatable bonds is 7. The zero-order valence-corrected chi connectivity index (χ0v) is 33.1. The summed E-state index contributed by atoms with van der Waals surface area (Å²) in [6.45, 7) is 0. The Morgan fingerprint density at radius 2 is 0.897 bits per heavy atom. The number of para-hydroxylation sites is 1. The summed E-state index contributed by atoms with van der Waals surface area (Å²) >= 11 is 0. The molecule has 0 unspecified atom stereocenters. The van der Waals surface area contributed by atoms with Crippen LogP contribution in [-0.2, 0) is 12.8 Å². The van der Waals surface area contributed by atoms with Gasteiger partial charge in [-0.2, -0.15) is 0 Å². The number of hydrogen-bond acceptors (Lipinski definition) is 1. The van der Waals surface area contributed by atoms with Gasteiger partial charge < -0.3 is 4.57 Å². The van der Waals surface area contributed by atoms with Crippen LogP contribution in [0, 0.1) is 0 Å². The molecule has 274 valence electrons. The molecule has 0 radical (unpaired) electrons. The van der Waals surface area contributed by atoms with Gasteiger partial charge in [0.2, 0.25) is 0 Å². The number of nitrogens with zero attached hydrogens (tertiary/aromatic N) is 2. The van der Waals surface area contributed by atoms with Crippen molar-refractivity contribution in [2.45, 2.75) is 12.8 Å². The largest absolute Gasteiger partial charge is 0.309 e. The first-order valence-corrected chi connectivity index (χ1v) is 22.3. The minimum Gasteiger partial charge on any atom is -0.309 e. The molecule has 0 saturated carbocycles. The van der Waals surface area contributed by atoms with Crippen LogP contribution in [0.25, 0.3) is 61.1 Å². The predicted molar refractivity (Wildman–Crippen MR) is 246 cm³/mol. The normalized spacial score (nSPS) is 12.3. The fourth-order valence-corrected chi connectivity index (χ4v) is 14.4. The van der Waals surface area contributed by atoms with Crippen molar-refractivity contribution in [3.05, 3.63) is 230 Å². The number of aromatic nitrogens is 2. The van der Waals surface area contributed by atoms with E-state index >= 15 is 0 Å². The van der Waals surface area contributed by atoms with E-state index in [9.17, 15) is 0 Å². The first-order valence-electron chi connectivity index (χ1n) is 20.3. The summed E-state index contributed by atoms with van der Waals surface area (Å²) in [6.07, 6.45) is 2.12. The standard InChI is InChI=1S/C55H40N2Si/c1-5-19-40(20-6-1)52-36-43(57-54-31-16-15-30-49(54)51-35-41-33-32-39-18-13-14-29-48(39)50(41)38-55(51)57)37-53(56-52)42-21-17-28-47(34-42)58(44-22-7-2-8-23-44,45-24-9-3-10-25-45)46-26-11-4-12-27-46/h1-31,34-38H,32-33H2. The van der Waals surface area contributed by atoms with E-state index in [4.69, 9.17) is 4.98 Å². The van der Waals surface area contributed by atoms with Crippen LogP contribution in [-0.4, -0.2) is 17.6 Å². The SMILES string of the molecule is c1ccc(-c2cc(-n3c4ccccc4c4cc5c(cc43)-c3ccccc3CC5)cc(-c3cccc([Si](c4ccccc4)(c4ccccc4)c4ccccc4)c3)n2)cc1. The Balaban J connectivity index is 1.17. The van der Waals surface area contributed by atoms with E-state index in [-0.39, 0.29) is 0 Å². The molecular formula is C55H40N2Si. The number of aryl methyl sites for hydroxylation is 2.